The van der Waals surface area contributed by atoms with Crippen molar-refractivity contribution in [3.05, 3.63) is 11.3 Å². The van der Waals surface area contributed by atoms with Crippen LogP contribution >= 0.6 is 23.2 Å². The Morgan fingerprint density at radius 2 is 1.86 bits per heavy atom. The molecule has 0 aromatic rings. The molecule has 2 amide bonds. The summed E-state index contributed by atoms with van der Waals surface area (Å²) in [5.74, 6) is -3.93. The van der Waals surface area contributed by atoms with Crippen molar-refractivity contribution in [2.45, 2.75) is 68.0 Å². The van der Waals surface area contributed by atoms with Gasteiger partial charge in [-0.25, -0.2) is 4.79 Å². The smallest absolute Gasteiger partial charge is 0.338 e. The van der Waals surface area contributed by atoms with Gasteiger partial charge in [-0.05, 0) is 20.8 Å². The molecule has 7 N–H and O–H groups in total. The van der Waals surface area contributed by atoms with Gasteiger partial charge >= 0.3 is 5.97 Å². The van der Waals surface area contributed by atoms with E-state index in [2.05, 4.69) is 10.6 Å². The molecule has 1 saturated heterocycles. The molecule has 12 heteroatoms. The monoisotopic (exact) mass is 453 g/mol. The Kier molecular flexibility index (Phi) is 7.06. The number of fused-ring (bicyclic) bond motifs is 1. The number of halogens is 2. The van der Waals surface area contributed by atoms with Crippen molar-refractivity contribution in [3.8, 4) is 0 Å². The van der Waals surface area contributed by atoms with E-state index >= 15 is 0 Å². The molecule has 1 aliphatic carbocycles. The van der Waals surface area contributed by atoms with E-state index in [1.54, 1.807) is 0 Å². The number of nitrogens with two attached hydrogens (primary N) is 1. The molecule has 1 fully saturated rings. The van der Waals surface area contributed by atoms with Crippen molar-refractivity contribution in [2.24, 2.45) is 11.7 Å². The minimum Gasteiger partial charge on any atom is -0.512 e. The van der Waals surface area contributed by atoms with Gasteiger partial charge in [-0.1, -0.05) is 0 Å². The summed E-state index contributed by atoms with van der Waals surface area (Å²) in [6.45, 7) is 4.21. The average Bonchev–Trinajstić information content (AvgIpc) is 2.61. The molecule has 0 radical (unpaired) electrons. The first-order valence-electron chi connectivity index (χ1n) is 8.97. The lowest BCUT2D eigenvalue weighted by Gasteiger charge is -2.50. The minimum absolute atomic E-state index is 0.271. The second-order valence-corrected chi connectivity index (χ2v) is 8.62. The molecule has 0 saturated carbocycles. The number of hydrogen-bond acceptors (Lipinski definition) is 8. The first-order chi connectivity index (χ1) is 13.3. The molecule has 1 heterocycles. The summed E-state index contributed by atoms with van der Waals surface area (Å²) < 4.78 is 5.34. The topological polar surface area (TPSA) is 171 Å². The van der Waals surface area contributed by atoms with Crippen LogP contribution in [0, 0.1) is 5.92 Å². The van der Waals surface area contributed by atoms with Crippen LogP contribution < -0.4 is 16.4 Å². The molecule has 2 aliphatic rings. The summed E-state index contributed by atoms with van der Waals surface area (Å²) in [6, 6.07) is -3.10. The molecule has 2 unspecified atom stereocenters. The normalized spacial score (nSPS) is 34.2. The summed E-state index contributed by atoms with van der Waals surface area (Å²) in [4.78, 5) is 35.6. The SMILES string of the molecule is CC(N)C(=O)NC(C)C(=O)N[C@@H]1[C@H]2C(=C(O)C[C@@H](O)[C@@H]2O)C(=O)O[C@]1(C)C(Cl)Cl. The fourth-order valence-electron chi connectivity index (χ4n) is 3.43. The van der Waals surface area contributed by atoms with Crippen molar-refractivity contribution in [1.82, 2.24) is 10.6 Å². The molecule has 0 bridgehead atoms. The molecule has 1 aliphatic heterocycles. The summed E-state index contributed by atoms with van der Waals surface area (Å²) in [5, 5.41) is 35.8. The molecular weight excluding hydrogens is 429 g/mol. The van der Waals surface area contributed by atoms with Crippen molar-refractivity contribution in [1.29, 1.82) is 0 Å². The van der Waals surface area contributed by atoms with E-state index in [4.69, 9.17) is 33.7 Å². The highest BCUT2D eigenvalue weighted by molar-refractivity contribution is 6.45. The van der Waals surface area contributed by atoms with Crippen molar-refractivity contribution < 1.29 is 34.4 Å². The number of amides is 2. The standard InChI is InChI=1S/C17H25Cl2N3O7/c1-5(20)13(26)21-6(2)14(27)22-12-10-9(7(23)4-8(24)11(10)25)15(28)29-17(12,3)16(18)19/h5-6,8,10-12,16,23-25H,4,20H2,1-3H3,(H,21,26)(H,22,27)/t5?,6?,8-,10+,11+,12-,17+/m1/s1. The third kappa shape index (κ3) is 4.46. The second-order valence-electron chi connectivity index (χ2n) is 7.53. The summed E-state index contributed by atoms with van der Waals surface area (Å²) in [6.07, 6.45) is -3.26. The highest BCUT2D eigenvalue weighted by Gasteiger charge is 2.59. The van der Waals surface area contributed by atoms with Crippen LogP contribution in [0.25, 0.3) is 0 Å². The number of ether oxygens (including phenoxy) is 1. The Balaban J connectivity index is 2.41. The van der Waals surface area contributed by atoms with Crippen molar-refractivity contribution in [3.63, 3.8) is 0 Å². The predicted octanol–water partition coefficient (Wildman–Crippen LogP) is -1.00. The van der Waals surface area contributed by atoms with E-state index in [1.807, 2.05) is 0 Å². The minimum atomic E-state index is -1.70. The van der Waals surface area contributed by atoms with E-state index < -0.39 is 70.2 Å². The maximum Gasteiger partial charge on any atom is 0.338 e. The predicted molar refractivity (Wildman–Crippen MR) is 103 cm³/mol. The summed E-state index contributed by atoms with van der Waals surface area (Å²) in [5.41, 5.74) is 3.50. The van der Waals surface area contributed by atoms with Crippen LogP contribution in [-0.4, -0.2) is 73.9 Å². The van der Waals surface area contributed by atoms with E-state index in [0.29, 0.717) is 0 Å². The van der Waals surface area contributed by atoms with E-state index in [0.717, 1.165) is 0 Å². The van der Waals surface area contributed by atoms with Crippen LogP contribution in [0.5, 0.6) is 0 Å². The van der Waals surface area contributed by atoms with Gasteiger partial charge in [0.25, 0.3) is 0 Å². The van der Waals surface area contributed by atoms with Crippen molar-refractivity contribution >= 4 is 41.0 Å². The Morgan fingerprint density at radius 1 is 1.28 bits per heavy atom. The fraction of sp³-hybridized carbons (Fsp3) is 0.706. The molecule has 164 valence electrons. The van der Waals surface area contributed by atoms with Gasteiger partial charge in [-0.15, -0.1) is 23.2 Å². The number of carbonyl (C=O) groups is 3. The maximum absolute atomic E-state index is 12.7. The van der Waals surface area contributed by atoms with Gasteiger partial charge in [0.05, 0.1) is 29.9 Å². The molecule has 0 aromatic carbocycles. The zero-order chi connectivity index (χ0) is 22.3. The lowest BCUT2D eigenvalue weighted by Crippen LogP contribution is -2.69. The van der Waals surface area contributed by atoms with Gasteiger partial charge in [0, 0.05) is 12.3 Å². The highest BCUT2D eigenvalue weighted by atomic mass is 35.5. The maximum atomic E-state index is 12.7. The Bertz CT molecular complexity index is 730. The zero-order valence-electron chi connectivity index (χ0n) is 16.1. The van der Waals surface area contributed by atoms with Crippen LogP contribution in [-0.2, 0) is 19.1 Å². The van der Waals surface area contributed by atoms with Crippen LogP contribution in [0.2, 0.25) is 0 Å². The second kappa shape index (κ2) is 8.65. The summed E-state index contributed by atoms with van der Waals surface area (Å²) in [7, 11) is 0. The van der Waals surface area contributed by atoms with Crippen LogP contribution in [0.1, 0.15) is 27.2 Å². The van der Waals surface area contributed by atoms with Gasteiger partial charge in [-0.3, -0.25) is 9.59 Å². The van der Waals surface area contributed by atoms with Crippen LogP contribution in [0.4, 0.5) is 0 Å². The van der Waals surface area contributed by atoms with Gasteiger partial charge in [-0.2, -0.15) is 0 Å². The molecular formula is C17H25Cl2N3O7. The largest absolute Gasteiger partial charge is 0.512 e. The number of aliphatic hydroxyl groups excluding tert-OH is 3. The van der Waals surface area contributed by atoms with E-state index in [1.165, 1.54) is 20.8 Å². The first kappa shape index (κ1) is 23.7. The Labute approximate surface area is 177 Å². The number of rotatable bonds is 5. The highest BCUT2D eigenvalue weighted by Crippen LogP contribution is 2.44. The molecule has 10 nitrogen and oxygen atoms in total. The van der Waals surface area contributed by atoms with Crippen LogP contribution in [0.15, 0.2) is 11.3 Å². The van der Waals surface area contributed by atoms with Gasteiger partial charge in [0.1, 0.15) is 16.6 Å². The van der Waals surface area contributed by atoms with Gasteiger partial charge < -0.3 is 36.4 Å². The third-order valence-corrected chi connectivity index (χ3v) is 6.08. The lowest BCUT2D eigenvalue weighted by molar-refractivity contribution is -0.173. The summed E-state index contributed by atoms with van der Waals surface area (Å²) >= 11 is 12.1. The number of esters is 1. The Morgan fingerprint density at radius 3 is 2.38 bits per heavy atom. The zero-order valence-corrected chi connectivity index (χ0v) is 17.6. The van der Waals surface area contributed by atoms with Crippen LogP contribution in [0.3, 0.4) is 0 Å². The number of carbonyl (C=O) groups excluding carboxylic acids is 3. The molecule has 7 atom stereocenters. The van der Waals surface area contributed by atoms with Crippen molar-refractivity contribution in [2.75, 3.05) is 0 Å². The number of alkyl halides is 2. The number of hydrogen-bond donors (Lipinski definition) is 6. The lowest BCUT2D eigenvalue weighted by atomic mass is 9.71. The number of cyclic esters (lactones) is 1. The average molecular weight is 454 g/mol. The first-order valence-corrected chi connectivity index (χ1v) is 9.84. The third-order valence-electron chi connectivity index (χ3n) is 5.21. The molecule has 0 aromatic heterocycles. The molecule has 29 heavy (non-hydrogen) atoms. The molecule has 0 spiro atoms. The molecule has 2 rings (SSSR count). The van der Waals surface area contributed by atoms with Gasteiger partial charge in [0.15, 0.2) is 5.60 Å². The van der Waals surface area contributed by atoms with E-state index in [-0.39, 0.29) is 12.0 Å². The number of aliphatic hydroxyl groups is 3. The Hall–Kier alpha value is -1.59. The number of nitrogens with one attached hydrogen (secondary N) is 2. The fourth-order valence-corrected chi connectivity index (χ4v) is 3.79. The quantitative estimate of drug-likeness (QED) is 0.227. The van der Waals surface area contributed by atoms with Gasteiger partial charge in [0.2, 0.25) is 11.8 Å². The van der Waals surface area contributed by atoms with E-state index in [9.17, 15) is 29.7 Å².